The number of rotatable bonds is 4. The highest BCUT2D eigenvalue weighted by Crippen LogP contribution is 2.27. The van der Waals surface area contributed by atoms with Crippen molar-refractivity contribution < 1.29 is 0 Å². The molecule has 3 aromatic heterocycles. The Balaban J connectivity index is 1.40. The van der Waals surface area contributed by atoms with Crippen LogP contribution in [0.4, 0.5) is 5.95 Å². The molecule has 1 fully saturated rings. The van der Waals surface area contributed by atoms with Gasteiger partial charge in [0.05, 0.1) is 22.7 Å². The normalized spacial score (nSPS) is 19.9. The summed E-state index contributed by atoms with van der Waals surface area (Å²) in [7, 11) is 2.04. The highest BCUT2D eigenvalue weighted by Gasteiger charge is 2.20. The van der Waals surface area contributed by atoms with E-state index in [9.17, 15) is 0 Å². The number of aromatic nitrogens is 5. The van der Waals surface area contributed by atoms with E-state index in [1.807, 2.05) is 30.0 Å². The minimum Gasteiger partial charge on any atom is -0.350 e. The van der Waals surface area contributed by atoms with Crippen LogP contribution in [0, 0.1) is 0 Å². The van der Waals surface area contributed by atoms with Crippen LogP contribution in [-0.2, 0) is 0 Å². The van der Waals surface area contributed by atoms with Crippen LogP contribution in [-0.4, -0.2) is 43.7 Å². The van der Waals surface area contributed by atoms with Crippen molar-refractivity contribution in [3.63, 3.8) is 0 Å². The van der Waals surface area contributed by atoms with Gasteiger partial charge in [-0.3, -0.25) is 9.97 Å². The van der Waals surface area contributed by atoms with E-state index in [0.717, 1.165) is 40.5 Å². The molecule has 4 aromatic rings. The lowest BCUT2D eigenvalue weighted by Gasteiger charge is -2.28. The molecule has 3 heterocycles. The smallest absolute Gasteiger partial charge is 0.241 e. The SMILES string of the molecule is CN[C@H]1CC[C@@H](Nc2ncc3c(-c4ccc5nccnc5c4)ccn3n2)CC1. The average molecular weight is 373 g/mol. The van der Waals surface area contributed by atoms with Gasteiger partial charge in [-0.1, -0.05) is 6.07 Å². The summed E-state index contributed by atoms with van der Waals surface area (Å²) in [6.07, 6.45) is 12.0. The van der Waals surface area contributed by atoms with Crippen LogP contribution >= 0.6 is 0 Å². The van der Waals surface area contributed by atoms with E-state index in [4.69, 9.17) is 0 Å². The van der Waals surface area contributed by atoms with Crippen molar-refractivity contribution >= 4 is 22.5 Å². The molecular formula is C21H23N7. The van der Waals surface area contributed by atoms with Crippen molar-refractivity contribution in [1.29, 1.82) is 0 Å². The van der Waals surface area contributed by atoms with E-state index in [1.54, 1.807) is 12.4 Å². The zero-order valence-corrected chi connectivity index (χ0v) is 15.8. The Morgan fingerprint density at radius 2 is 1.71 bits per heavy atom. The molecular weight excluding hydrogens is 350 g/mol. The van der Waals surface area contributed by atoms with E-state index in [-0.39, 0.29) is 0 Å². The molecule has 1 aliphatic rings. The quantitative estimate of drug-likeness (QED) is 0.571. The van der Waals surface area contributed by atoms with Gasteiger partial charge >= 0.3 is 0 Å². The van der Waals surface area contributed by atoms with Gasteiger partial charge < -0.3 is 10.6 Å². The molecule has 0 spiro atoms. The van der Waals surface area contributed by atoms with E-state index in [2.05, 4.69) is 48.9 Å². The first-order chi connectivity index (χ1) is 13.8. The van der Waals surface area contributed by atoms with Crippen LogP contribution in [0.1, 0.15) is 25.7 Å². The minimum absolute atomic E-state index is 0.441. The number of nitrogens with one attached hydrogen (secondary N) is 2. The summed E-state index contributed by atoms with van der Waals surface area (Å²) < 4.78 is 1.89. The van der Waals surface area contributed by atoms with Crippen molar-refractivity contribution in [2.24, 2.45) is 0 Å². The molecule has 7 heteroatoms. The molecule has 0 bridgehead atoms. The van der Waals surface area contributed by atoms with Crippen molar-refractivity contribution in [3.05, 3.63) is 49.1 Å². The highest BCUT2D eigenvalue weighted by molar-refractivity contribution is 5.86. The predicted octanol–water partition coefficient (Wildman–Crippen LogP) is 3.28. The van der Waals surface area contributed by atoms with Gasteiger partial charge in [0.15, 0.2) is 0 Å². The van der Waals surface area contributed by atoms with Gasteiger partial charge in [0.1, 0.15) is 0 Å². The van der Waals surface area contributed by atoms with E-state index in [1.165, 1.54) is 12.8 Å². The Morgan fingerprint density at radius 1 is 0.929 bits per heavy atom. The summed E-state index contributed by atoms with van der Waals surface area (Å²) in [6, 6.07) is 9.28. The molecule has 5 rings (SSSR count). The van der Waals surface area contributed by atoms with Crippen molar-refractivity contribution in [2.45, 2.75) is 37.8 Å². The highest BCUT2D eigenvalue weighted by atomic mass is 15.3. The Labute approximate surface area is 163 Å². The number of nitrogens with zero attached hydrogens (tertiary/aromatic N) is 5. The Morgan fingerprint density at radius 3 is 2.54 bits per heavy atom. The van der Waals surface area contributed by atoms with Gasteiger partial charge in [0, 0.05) is 36.2 Å². The number of benzene rings is 1. The summed E-state index contributed by atoms with van der Waals surface area (Å²) in [5, 5.41) is 11.5. The molecule has 0 unspecified atom stereocenters. The lowest BCUT2D eigenvalue weighted by Crippen LogP contribution is -2.35. The maximum absolute atomic E-state index is 4.67. The summed E-state index contributed by atoms with van der Waals surface area (Å²) >= 11 is 0. The summed E-state index contributed by atoms with van der Waals surface area (Å²) in [4.78, 5) is 13.3. The van der Waals surface area contributed by atoms with Gasteiger partial charge in [-0.05, 0) is 56.5 Å². The summed E-state index contributed by atoms with van der Waals surface area (Å²) in [5.74, 6) is 0.687. The average Bonchev–Trinajstić information content (AvgIpc) is 3.17. The molecule has 142 valence electrons. The monoisotopic (exact) mass is 373 g/mol. The first kappa shape index (κ1) is 17.1. The van der Waals surface area contributed by atoms with E-state index < -0.39 is 0 Å². The molecule has 0 atom stereocenters. The molecule has 28 heavy (non-hydrogen) atoms. The third kappa shape index (κ3) is 3.18. The van der Waals surface area contributed by atoms with Gasteiger partial charge in [0.2, 0.25) is 5.95 Å². The van der Waals surface area contributed by atoms with Crippen LogP contribution in [0.25, 0.3) is 27.7 Å². The van der Waals surface area contributed by atoms with Crippen molar-refractivity contribution in [2.75, 3.05) is 12.4 Å². The van der Waals surface area contributed by atoms with Gasteiger partial charge in [-0.2, -0.15) is 0 Å². The largest absolute Gasteiger partial charge is 0.350 e. The molecule has 1 aliphatic carbocycles. The molecule has 7 nitrogen and oxygen atoms in total. The predicted molar refractivity (Wildman–Crippen MR) is 110 cm³/mol. The Bertz CT molecular complexity index is 1110. The summed E-state index contributed by atoms with van der Waals surface area (Å²) in [5.41, 5.74) is 4.94. The first-order valence-electron chi connectivity index (χ1n) is 9.79. The lowest BCUT2D eigenvalue weighted by atomic mass is 9.91. The van der Waals surface area contributed by atoms with Crippen molar-refractivity contribution in [1.82, 2.24) is 29.9 Å². The number of anilines is 1. The second-order valence-electron chi connectivity index (χ2n) is 7.38. The van der Waals surface area contributed by atoms with Crippen LogP contribution < -0.4 is 10.6 Å². The van der Waals surface area contributed by atoms with Crippen LogP contribution in [0.15, 0.2) is 49.1 Å². The minimum atomic E-state index is 0.441. The number of hydrogen-bond acceptors (Lipinski definition) is 6. The molecule has 2 N–H and O–H groups in total. The van der Waals surface area contributed by atoms with Crippen LogP contribution in [0.5, 0.6) is 0 Å². The maximum atomic E-state index is 4.67. The van der Waals surface area contributed by atoms with Crippen LogP contribution in [0.2, 0.25) is 0 Å². The lowest BCUT2D eigenvalue weighted by molar-refractivity contribution is 0.370. The summed E-state index contributed by atoms with van der Waals surface area (Å²) in [6.45, 7) is 0. The van der Waals surface area contributed by atoms with Gasteiger partial charge in [-0.15, -0.1) is 5.10 Å². The first-order valence-corrected chi connectivity index (χ1v) is 9.79. The zero-order valence-electron chi connectivity index (χ0n) is 15.8. The molecule has 0 amide bonds. The number of hydrogen-bond donors (Lipinski definition) is 2. The van der Waals surface area contributed by atoms with Gasteiger partial charge in [0.25, 0.3) is 0 Å². The third-order valence-electron chi connectivity index (χ3n) is 5.67. The second-order valence-corrected chi connectivity index (χ2v) is 7.38. The molecule has 1 saturated carbocycles. The molecule has 1 aromatic carbocycles. The molecule has 0 aliphatic heterocycles. The fourth-order valence-electron chi connectivity index (χ4n) is 4.05. The van der Waals surface area contributed by atoms with Gasteiger partial charge in [-0.25, -0.2) is 9.50 Å². The fraction of sp³-hybridized carbons (Fsp3) is 0.333. The van der Waals surface area contributed by atoms with E-state index in [0.29, 0.717) is 18.0 Å². The van der Waals surface area contributed by atoms with E-state index >= 15 is 0 Å². The zero-order chi connectivity index (χ0) is 18.9. The van der Waals surface area contributed by atoms with Crippen molar-refractivity contribution in [3.8, 4) is 11.1 Å². The second kappa shape index (κ2) is 7.16. The third-order valence-corrected chi connectivity index (χ3v) is 5.67. The Kier molecular flexibility index (Phi) is 4.37. The fourth-order valence-corrected chi connectivity index (χ4v) is 4.05. The Hall–Kier alpha value is -3.06. The molecule has 0 radical (unpaired) electrons. The maximum Gasteiger partial charge on any atom is 0.241 e. The topological polar surface area (TPSA) is 80.0 Å². The standard InChI is InChI=1S/C21H23N7/c1-22-15-3-5-16(6-4-15)26-21-25-13-20-17(8-11-28(20)27-21)14-2-7-18-19(12-14)24-10-9-23-18/h2,7-13,15-16,22H,3-6H2,1H3,(H,26,27)/t15-,16+. The number of fused-ring (bicyclic) bond motifs is 2. The van der Waals surface area contributed by atoms with Crippen LogP contribution in [0.3, 0.4) is 0 Å². The molecule has 0 saturated heterocycles.